The maximum Gasteiger partial charge on any atom is 0.326 e. The van der Waals surface area contributed by atoms with Gasteiger partial charge in [0.2, 0.25) is 17.7 Å². The van der Waals surface area contributed by atoms with Gasteiger partial charge < -0.3 is 42.5 Å². The van der Waals surface area contributed by atoms with Crippen LogP contribution in [0.25, 0.3) is 0 Å². The Bertz CT molecular complexity index is 1010. The third-order valence-corrected chi connectivity index (χ3v) is 5.85. The molecule has 3 amide bonds. The van der Waals surface area contributed by atoms with Crippen molar-refractivity contribution in [1.29, 1.82) is 0 Å². The number of rotatable bonds is 17. The van der Waals surface area contributed by atoms with E-state index < -0.39 is 47.9 Å². The second kappa shape index (κ2) is 15.5. The van der Waals surface area contributed by atoms with Gasteiger partial charge in [-0.3, -0.25) is 14.4 Å². The average molecular weight is 534 g/mol. The number of aliphatic carboxylic acids is 1. The molecule has 210 valence electrons. The minimum absolute atomic E-state index is 0.0171. The second-order valence-corrected chi connectivity index (χ2v) is 9.60. The van der Waals surface area contributed by atoms with Gasteiger partial charge in [0.05, 0.1) is 18.7 Å². The molecule has 2 aromatic heterocycles. The second-order valence-electron chi connectivity index (χ2n) is 9.60. The van der Waals surface area contributed by atoms with E-state index in [0.717, 1.165) is 0 Å². The molecule has 0 saturated carbocycles. The fourth-order valence-corrected chi connectivity index (χ4v) is 3.84. The summed E-state index contributed by atoms with van der Waals surface area (Å²) in [6.07, 6.45) is 7.70. The predicted molar refractivity (Wildman–Crippen MR) is 138 cm³/mol. The molecular weight excluding hydrogens is 494 g/mol. The number of aromatic amines is 2. The molecule has 0 saturated heterocycles. The van der Waals surface area contributed by atoms with E-state index >= 15 is 0 Å². The third-order valence-electron chi connectivity index (χ3n) is 5.85. The van der Waals surface area contributed by atoms with Crippen LogP contribution in [0.5, 0.6) is 0 Å². The van der Waals surface area contributed by atoms with Crippen molar-refractivity contribution in [3.05, 3.63) is 36.4 Å². The summed E-state index contributed by atoms with van der Waals surface area (Å²) in [6.45, 7) is 4.26. The molecule has 4 unspecified atom stereocenters. The van der Waals surface area contributed by atoms with Crippen LogP contribution in [0.1, 0.15) is 50.9 Å². The summed E-state index contributed by atoms with van der Waals surface area (Å²) in [4.78, 5) is 64.5. The van der Waals surface area contributed by atoms with E-state index in [2.05, 4.69) is 35.9 Å². The molecular formula is C24H39N9O5. The highest BCUT2D eigenvalue weighted by atomic mass is 16.4. The summed E-state index contributed by atoms with van der Waals surface area (Å²) in [7, 11) is 0. The zero-order valence-electron chi connectivity index (χ0n) is 21.8. The van der Waals surface area contributed by atoms with Crippen molar-refractivity contribution in [2.45, 2.75) is 76.5 Å². The van der Waals surface area contributed by atoms with Crippen LogP contribution >= 0.6 is 0 Å². The van der Waals surface area contributed by atoms with Crippen LogP contribution in [-0.2, 0) is 32.0 Å². The predicted octanol–water partition coefficient (Wildman–Crippen LogP) is -1.04. The van der Waals surface area contributed by atoms with Crippen molar-refractivity contribution in [3.8, 4) is 0 Å². The van der Waals surface area contributed by atoms with Crippen molar-refractivity contribution < 1.29 is 24.3 Å². The molecule has 0 radical (unpaired) electrons. The molecule has 0 spiro atoms. The van der Waals surface area contributed by atoms with Gasteiger partial charge in [0, 0.05) is 36.6 Å². The summed E-state index contributed by atoms with van der Waals surface area (Å²) < 4.78 is 0. The van der Waals surface area contributed by atoms with Crippen LogP contribution in [0.4, 0.5) is 0 Å². The first-order valence-corrected chi connectivity index (χ1v) is 12.6. The quantitative estimate of drug-likeness (QED) is 0.116. The van der Waals surface area contributed by atoms with Crippen LogP contribution in [0.2, 0.25) is 0 Å². The van der Waals surface area contributed by atoms with Gasteiger partial charge in [-0.2, -0.15) is 0 Å². The Morgan fingerprint density at radius 3 is 1.89 bits per heavy atom. The summed E-state index contributed by atoms with van der Waals surface area (Å²) in [6, 6.07) is -4.16. The molecule has 2 aromatic rings. The van der Waals surface area contributed by atoms with E-state index in [1.165, 1.54) is 25.0 Å². The Kier molecular flexibility index (Phi) is 12.4. The molecule has 4 atom stereocenters. The lowest BCUT2D eigenvalue weighted by Crippen LogP contribution is -2.57. The highest BCUT2D eigenvalue weighted by Crippen LogP contribution is 2.08. The number of hydrogen-bond donors (Lipinski definition) is 8. The largest absolute Gasteiger partial charge is 0.480 e. The average Bonchev–Trinajstić information content (AvgIpc) is 3.56. The van der Waals surface area contributed by atoms with Crippen molar-refractivity contribution in [2.75, 3.05) is 6.54 Å². The minimum Gasteiger partial charge on any atom is -0.480 e. The number of H-pyrrole nitrogens is 2. The zero-order valence-corrected chi connectivity index (χ0v) is 21.8. The fraction of sp³-hybridized carbons (Fsp3) is 0.583. The number of unbranched alkanes of at least 4 members (excludes halogenated alkanes) is 1. The molecule has 0 bridgehead atoms. The van der Waals surface area contributed by atoms with E-state index in [9.17, 15) is 24.3 Å². The van der Waals surface area contributed by atoms with Gasteiger partial charge >= 0.3 is 5.97 Å². The van der Waals surface area contributed by atoms with Crippen LogP contribution in [0.3, 0.4) is 0 Å². The van der Waals surface area contributed by atoms with Gasteiger partial charge in [-0.1, -0.05) is 13.8 Å². The smallest absolute Gasteiger partial charge is 0.326 e. The number of imidazole rings is 2. The third kappa shape index (κ3) is 10.3. The van der Waals surface area contributed by atoms with E-state index in [4.69, 9.17) is 11.5 Å². The van der Waals surface area contributed by atoms with Gasteiger partial charge in [-0.15, -0.1) is 0 Å². The molecule has 0 fully saturated rings. The number of carboxylic acids is 1. The lowest BCUT2D eigenvalue weighted by Gasteiger charge is -2.25. The normalized spacial score (nSPS) is 14.3. The minimum atomic E-state index is -1.24. The summed E-state index contributed by atoms with van der Waals surface area (Å²) in [5.74, 6) is -2.82. The number of carbonyl (C=O) groups excluding carboxylic acids is 3. The zero-order chi connectivity index (χ0) is 28.1. The number of nitrogens with zero attached hydrogens (tertiary/aromatic N) is 2. The topological polar surface area (TPSA) is 234 Å². The van der Waals surface area contributed by atoms with Gasteiger partial charge in [0.25, 0.3) is 0 Å². The van der Waals surface area contributed by atoms with Crippen LogP contribution in [-0.4, -0.2) is 79.4 Å². The molecule has 10 N–H and O–H groups in total. The Labute approximate surface area is 221 Å². The van der Waals surface area contributed by atoms with Crippen LogP contribution in [0.15, 0.2) is 25.0 Å². The van der Waals surface area contributed by atoms with Crippen LogP contribution in [0, 0.1) is 5.92 Å². The first kappa shape index (κ1) is 30.4. The molecule has 0 aromatic carbocycles. The summed E-state index contributed by atoms with van der Waals surface area (Å²) in [5, 5.41) is 17.5. The fourth-order valence-electron chi connectivity index (χ4n) is 3.84. The molecule has 0 aliphatic rings. The summed E-state index contributed by atoms with van der Waals surface area (Å²) >= 11 is 0. The van der Waals surface area contributed by atoms with Crippen molar-refractivity contribution in [3.63, 3.8) is 0 Å². The maximum atomic E-state index is 13.3. The molecule has 0 aliphatic carbocycles. The van der Waals surface area contributed by atoms with Gasteiger partial charge in [-0.25, -0.2) is 14.8 Å². The van der Waals surface area contributed by atoms with E-state index in [0.29, 0.717) is 37.2 Å². The Morgan fingerprint density at radius 1 is 0.868 bits per heavy atom. The Morgan fingerprint density at radius 2 is 1.39 bits per heavy atom. The molecule has 2 rings (SSSR count). The van der Waals surface area contributed by atoms with Crippen LogP contribution < -0.4 is 27.4 Å². The van der Waals surface area contributed by atoms with Crippen molar-refractivity contribution >= 4 is 23.7 Å². The first-order valence-electron chi connectivity index (χ1n) is 12.6. The van der Waals surface area contributed by atoms with Gasteiger partial charge in [0.15, 0.2) is 0 Å². The highest BCUT2D eigenvalue weighted by molar-refractivity contribution is 5.94. The number of nitrogens with two attached hydrogens (primary N) is 2. The number of amides is 3. The standard InChI is InChI=1S/C24H39N9O5/c1-14(2)7-17(26)21(34)32-19(8-15-10-27-12-29-15)23(36)31-18(5-3-4-6-25)22(35)33-20(24(37)38)9-16-11-28-13-30-16/h10-14,17-20H,3-9,25-26H2,1-2H3,(H,27,29)(H,28,30)(H,31,36)(H,32,34)(H,33,35)(H,37,38). The van der Waals surface area contributed by atoms with Gasteiger partial charge in [-0.05, 0) is 38.1 Å². The molecule has 14 heteroatoms. The number of hydrogen-bond acceptors (Lipinski definition) is 8. The maximum absolute atomic E-state index is 13.3. The van der Waals surface area contributed by atoms with Crippen molar-refractivity contribution in [1.82, 2.24) is 35.9 Å². The van der Waals surface area contributed by atoms with E-state index in [1.807, 2.05) is 13.8 Å². The van der Waals surface area contributed by atoms with E-state index in [-0.39, 0.29) is 25.2 Å². The number of aromatic nitrogens is 4. The number of nitrogens with one attached hydrogen (secondary N) is 5. The van der Waals surface area contributed by atoms with Gasteiger partial charge in [0.1, 0.15) is 18.1 Å². The Balaban J connectivity index is 2.17. The molecule has 2 heterocycles. The SMILES string of the molecule is CC(C)CC(N)C(=O)NC(Cc1cnc[nH]1)C(=O)NC(CCCCN)C(=O)NC(Cc1cnc[nH]1)C(=O)O. The first-order chi connectivity index (χ1) is 18.1. The molecule has 38 heavy (non-hydrogen) atoms. The lowest BCUT2D eigenvalue weighted by molar-refractivity contribution is -0.142. The molecule has 14 nitrogen and oxygen atoms in total. The monoisotopic (exact) mass is 533 g/mol. The van der Waals surface area contributed by atoms with Crippen molar-refractivity contribution in [2.24, 2.45) is 17.4 Å². The number of carboxylic acid groups (broad SMARTS) is 1. The summed E-state index contributed by atoms with van der Waals surface area (Å²) in [5.41, 5.74) is 12.7. The number of carbonyl (C=O) groups is 4. The Hall–Kier alpha value is -3.78. The highest BCUT2D eigenvalue weighted by Gasteiger charge is 2.31. The lowest BCUT2D eigenvalue weighted by atomic mass is 10.0. The van der Waals surface area contributed by atoms with E-state index in [1.54, 1.807) is 0 Å². The molecule has 0 aliphatic heterocycles.